The van der Waals surface area contributed by atoms with Gasteiger partial charge in [0.05, 0.1) is 6.54 Å². The van der Waals surface area contributed by atoms with Crippen molar-refractivity contribution in [2.45, 2.75) is 33.2 Å². The van der Waals surface area contributed by atoms with Gasteiger partial charge in [0.1, 0.15) is 5.82 Å². The number of aromatic amines is 1. The zero-order valence-corrected chi connectivity index (χ0v) is 11.3. The molecule has 18 heavy (non-hydrogen) atoms. The summed E-state index contributed by atoms with van der Waals surface area (Å²) in [5.41, 5.74) is 1.28. The fourth-order valence-corrected chi connectivity index (χ4v) is 2.55. The van der Waals surface area contributed by atoms with E-state index in [2.05, 4.69) is 33.5 Å². The Hall–Kier alpha value is -1.69. The third-order valence-electron chi connectivity index (χ3n) is 2.70. The van der Waals surface area contributed by atoms with E-state index >= 15 is 0 Å². The normalized spacial score (nSPS) is 10.6. The molecule has 0 saturated carbocycles. The van der Waals surface area contributed by atoms with E-state index in [0.29, 0.717) is 6.54 Å². The first-order valence-electron chi connectivity index (χ1n) is 5.99. The van der Waals surface area contributed by atoms with E-state index < -0.39 is 0 Å². The Labute approximate surface area is 110 Å². The van der Waals surface area contributed by atoms with Crippen LogP contribution in [0.25, 0.3) is 0 Å². The van der Waals surface area contributed by atoms with Gasteiger partial charge in [0, 0.05) is 11.3 Å². The van der Waals surface area contributed by atoms with Gasteiger partial charge < -0.3 is 5.32 Å². The Morgan fingerprint density at radius 2 is 2.28 bits per heavy atom. The molecule has 0 aliphatic rings. The number of aromatic nitrogens is 3. The second-order valence-corrected chi connectivity index (χ2v) is 4.87. The number of hydrogen-bond donors (Lipinski definition) is 2. The molecule has 2 aromatic heterocycles. The van der Waals surface area contributed by atoms with Crippen molar-refractivity contribution in [2.75, 3.05) is 0 Å². The Balaban J connectivity index is 1.96. The molecule has 0 aromatic carbocycles. The predicted octanol–water partition coefficient (Wildman–Crippen LogP) is 1.92. The molecule has 0 aliphatic heterocycles. The molecular formula is C12H16N4OS. The lowest BCUT2D eigenvalue weighted by molar-refractivity contribution is 0.0941. The second-order valence-electron chi connectivity index (χ2n) is 3.86. The molecular weight excluding hydrogens is 248 g/mol. The van der Waals surface area contributed by atoms with Crippen LogP contribution < -0.4 is 5.32 Å². The van der Waals surface area contributed by atoms with Crippen LogP contribution in [0.3, 0.4) is 0 Å². The molecule has 0 fully saturated rings. The van der Waals surface area contributed by atoms with Crippen molar-refractivity contribution in [3.8, 4) is 0 Å². The van der Waals surface area contributed by atoms with E-state index in [9.17, 15) is 4.79 Å². The van der Waals surface area contributed by atoms with Crippen LogP contribution in [-0.4, -0.2) is 21.1 Å². The molecule has 2 aromatic rings. The highest BCUT2D eigenvalue weighted by Gasteiger charge is 2.12. The average molecular weight is 264 g/mol. The zero-order valence-electron chi connectivity index (χ0n) is 10.5. The maximum Gasteiger partial charge on any atom is 0.291 e. The Kier molecular flexibility index (Phi) is 4.09. The number of nitrogens with zero attached hydrogens (tertiary/aromatic N) is 2. The van der Waals surface area contributed by atoms with Crippen LogP contribution in [0.5, 0.6) is 0 Å². The van der Waals surface area contributed by atoms with Gasteiger partial charge in [-0.3, -0.25) is 9.89 Å². The summed E-state index contributed by atoms with van der Waals surface area (Å²) in [4.78, 5) is 17.1. The van der Waals surface area contributed by atoms with Gasteiger partial charge >= 0.3 is 0 Å². The first kappa shape index (κ1) is 12.8. The van der Waals surface area contributed by atoms with Crippen molar-refractivity contribution < 1.29 is 4.79 Å². The van der Waals surface area contributed by atoms with Gasteiger partial charge in [-0.2, -0.15) is 0 Å². The molecule has 0 unspecified atom stereocenters. The SMILES string of the molecule is CCc1nc(C(=O)NCc2sccc2CC)n[nH]1. The summed E-state index contributed by atoms with van der Waals surface area (Å²) >= 11 is 1.66. The summed E-state index contributed by atoms with van der Waals surface area (Å²) in [6, 6.07) is 2.09. The van der Waals surface area contributed by atoms with E-state index in [1.807, 2.05) is 12.3 Å². The first-order chi connectivity index (χ1) is 8.74. The second kappa shape index (κ2) is 5.77. The molecule has 1 amide bonds. The molecule has 0 radical (unpaired) electrons. The Morgan fingerprint density at radius 1 is 1.44 bits per heavy atom. The number of carbonyl (C=O) groups is 1. The average Bonchev–Trinajstić information content (AvgIpc) is 3.04. The van der Waals surface area contributed by atoms with Crippen molar-refractivity contribution in [3.05, 3.63) is 33.5 Å². The van der Waals surface area contributed by atoms with E-state index in [1.54, 1.807) is 11.3 Å². The predicted molar refractivity (Wildman–Crippen MR) is 70.6 cm³/mol. The van der Waals surface area contributed by atoms with Crippen molar-refractivity contribution in [1.82, 2.24) is 20.5 Å². The van der Waals surface area contributed by atoms with Gasteiger partial charge in [-0.05, 0) is 23.4 Å². The standard InChI is InChI=1S/C12H16N4OS/c1-3-8-5-6-18-9(8)7-13-12(17)11-14-10(4-2)15-16-11/h5-6H,3-4,7H2,1-2H3,(H,13,17)(H,14,15,16). The van der Waals surface area contributed by atoms with Crippen LogP contribution in [0.1, 0.15) is 40.7 Å². The lowest BCUT2D eigenvalue weighted by atomic mass is 10.2. The maximum atomic E-state index is 11.8. The number of nitrogens with one attached hydrogen (secondary N) is 2. The van der Waals surface area contributed by atoms with Gasteiger partial charge in [0.15, 0.2) is 0 Å². The minimum absolute atomic E-state index is 0.210. The molecule has 2 N–H and O–H groups in total. The number of thiophene rings is 1. The number of carbonyl (C=O) groups excluding carboxylic acids is 1. The Morgan fingerprint density at radius 3 is 2.94 bits per heavy atom. The molecule has 0 spiro atoms. The van der Waals surface area contributed by atoms with Crippen molar-refractivity contribution >= 4 is 17.2 Å². The van der Waals surface area contributed by atoms with Crippen LogP contribution in [0, 0.1) is 0 Å². The molecule has 96 valence electrons. The highest BCUT2D eigenvalue weighted by molar-refractivity contribution is 7.10. The van der Waals surface area contributed by atoms with Crippen molar-refractivity contribution in [2.24, 2.45) is 0 Å². The minimum atomic E-state index is -0.235. The highest BCUT2D eigenvalue weighted by atomic mass is 32.1. The quantitative estimate of drug-likeness (QED) is 0.866. The monoisotopic (exact) mass is 264 g/mol. The molecule has 2 heterocycles. The highest BCUT2D eigenvalue weighted by Crippen LogP contribution is 2.16. The summed E-state index contributed by atoms with van der Waals surface area (Å²) in [5, 5.41) is 11.5. The van der Waals surface area contributed by atoms with Crippen molar-refractivity contribution in [3.63, 3.8) is 0 Å². The molecule has 6 heteroatoms. The topological polar surface area (TPSA) is 70.7 Å². The zero-order chi connectivity index (χ0) is 13.0. The van der Waals surface area contributed by atoms with E-state index in [-0.39, 0.29) is 11.7 Å². The number of H-pyrrole nitrogens is 1. The summed E-state index contributed by atoms with van der Waals surface area (Å²) < 4.78 is 0. The van der Waals surface area contributed by atoms with E-state index in [1.165, 1.54) is 10.4 Å². The van der Waals surface area contributed by atoms with Gasteiger partial charge in [-0.15, -0.1) is 16.4 Å². The largest absolute Gasteiger partial charge is 0.344 e. The molecule has 2 rings (SSSR count). The summed E-state index contributed by atoms with van der Waals surface area (Å²) in [6.07, 6.45) is 1.72. The van der Waals surface area contributed by atoms with Crippen LogP contribution in [0.4, 0.5) is 0 Å². The maximum absolute atomic E-state index is 11.8. The molecule has 0 bridgehead atoms. The van der Waals surface area contributed by atoms with Crippen LogP contribution in [0.15, 0.2) is 11.4 Å². The van der Waals surface area contributed by atoms with Crippen LogP contribution in [-0.2, 0) is 19.4 Å². The fraction of sp³-hybridized carbons (Fsp3) is 0.417. The van der Waals surface area contributed by atoms with Gasteiger partial charge in [0.2, 0.25) is 5.82 Å². The van der Waals surface area contributed by atoms with Gasteiger partial charge in [-0.25, -0.2) is 4.98 Å². The first-order valence-corrected chi connectivity index (χ1v) is 6.87. The number of aryl methyl sites for hydroxylation is 2. The van der Waals surface area contributed by atoms with Gasteiger partial charge in [0.25, 0.3) is 5.91 Å². The lowest BCUT2D eigenvalue weighted by Gasteiger charge is -2.02. The smallest absolute Gasteiger partial charge is 0.291 e. The van der Waals surface area contributed by atoms with Crippen molar-refractivity contribution in [1.29, 1.82) is 0 Å². The molecule has 5 nitrogen and oxygen atoms in total. The minimum Gasteiger partial charge on any atom is -0.344 e. The van der Waals surface area contributed by atoms with Crippen LogP contribution in [0.2, 0.25) is 0 Å². The fourth-order valence-electron chi connectivity index (χ4n) is 1.63. The number of hydrogen-bond acceptors (Lipinski definition) is 4. The number of rotatable bonds is 5. The number of amides is 1. The van der Waals surface area contributed by atoms with Gasteiger partial charge in [-0.1, -0.05) is 13.8 Å². The third kappa shape index (κ3) is 2.76. The van der Waals surface area contributed by atoms with E-state index in [4.69, 9.17) is 0 Å². The third-order valence-corrected chi connectivity index (χ3v) is 3.66. The lowest BCUT2D eigenvalue weighted by Crippen LogP contribution is -2.24. The summed E-state index contributed by atoms with van der Waals surface area (Å²) in [6.45, 7) is 4.60. The molecule has 0 aliphatic carbocycles. The Bertz CT molecular complexity index is 532. The summed E-state index contributed by atoms with van der Waals surface area (Å²) in [7, 11) is 0. The van der Waals surface area contributed by atoms with Crippen LogP contribution >= 0.6 is 11.3 Å². The molecule has 0 saturated heterocycles. The van der Waals surface area contributed by atoms with E-state index in [0.717, 1.165) is 18.7 Å². The summed E-state index contributed by atoms with van der Waals surface area (Å²) in [5.74, 6) is 0.702. The molecule has 0 atom stereocenters.